The maximum absolute atomic E-state index is 5.44. The molecule has 1 atom stereocenters. The van der Waals surface area contributed by atoms with Gasteiger partial charge in [-0.15, -0.1) is 0 Å². The average Bonchev–Trinajstić information content (AvgIpc) is 3.29. The molecule has 22 heavy (non-hydrogen) atoms. The molecule has 4 rings (SSSR count). The van der Waals surface area contributed by atoms with Crippen LogP contribution in [-0.2, 0) is 6.54 Å². The average molecular weight is 318 g/mol. The van der Waals surface area contributed by atoms with Crippen LogP contribution in [-0.4, -0.2) is 52.2 Å². The molecule has 2 fully saturated rings. The minimum absolute atomic E-state index is 0.712. The maximum atomic E-state index is 5.44. The van der Waals surface area contributed by atoms with Crippen LogP contribution in [0.3, 0.4) is 0 Å². The zero-order chi connectivity index (χ0) is 14.8. The minimum atomic E-state index is 0.712. The Balaban J connectivity index is 1.38. The van der Waals surface area contributed by atoms with Crippen LogP contribution in [0, 0.1) is 0 Å². The Hall–Kier alpha value is -1.24. The molecule has 0 N–H and O–H groups in total. The Kier molecular flexibility index (Phi) is 4.23. The van der Waals surface area contributed by atoms with Crippen molar-refractivity contribution in [1.29, 1.82) is 0 Å². The van der Waals surface area contributed by atoms with E-state index >= 15 is 0 Å². The summed E-state index contributed by atoms with van der Waals surface area (Å²) in [4.78, 5) is 9.68. The van der Waals surface area contributed by atoms with Crippen LogP contribution >= 0.6 is 11.3 Å². The highest BCUT2D eigenvalue weighted by Gasteiger charge is 2.27. The van der Waals surface area contributed by atoms with Gasteiger partial charge in [0.15, 0.2) is 0 Å². The van der Waals surface area contributed by atoms with E-state index in [4.69, 9.17) is 4.52 Å². The lowest BCUT2D eigenvalue weighted by molar-refractivity contribution is 0.102. The van der Waals surface area contributed by atoms with Crippen LogP contribution in [0.2, 0.25) is 0 Å². The van der Waals surface area contributed by atoms with Crippen molar-refractivity contribution in [2.75, 3.05) is 26.2 Å². The number of hydrogen-bond donors (Lipinski definition) is 0. The summed E-state index contributed by atoms with van der Waals surface area (Å²) in [7, 11) is 0. The van der Waals surface area contributed by atoms with Crippen molar-refractivity contribution in [1.82, 2.24) is 19.9 Å². The van der Waals surface area contributed by atoms with E-state index in [0.29, 0.717) is 5.82 Å². The molecular weight excluding hydrogens is 296 g/mol. The number of aromatic nitrogens is 2. The summed E-state index contributed by atoms with van der Waals surface area (Å²) in [6.45, 7) is 5.61. The SMILES string of the molecule is c1cc(-c2noc(CN3CCCC(N4CCCC4)C3)n2)cs1. The first-order valence-corrected chi connectivity index (χ1v) is 9.14. The molecule has 0 amide bonds. The van der Waals surface area contributed by atoms with Gasteiger partial charge in [-0.25, -0.2) is 0 Å². The topological polar surface area (TPSA) is 45.4 Å². The van der Waals surface area contributed by atoms with Crippen LogP contribution in [0.5, 0.6) is 0 Å². The molecule has 0 saturated carbocycles. The lowest BCUT2D eigenvalue weighted by Crippen LogP contribution is -2.46. The third-order valence-electron chi connectivity index (χ3n) is 4.74. The summed E-state index contributed by atoms with van der Waals surface area (Å²) in [5.41, 5.74) is 1.05. The first-order chi connectivity index (χ1) is 10.9. The Morgan fingerprint density at radius 1 is 1.23 bits per heavy atom. The fraction of sp³-hybridized carbons (Fsp3) is 0.625. The molecule has 2 aliphatic rings. The van der Waals surface area contributed by atoms with Crippen molar-refractivity contribution in [3.05, 3.63) is 22.7 Å². The molecule has 2 aromatic rings. The lowest BCUT2D eigenvalue weighted by Gasteiger charge is -2.36. The second-order valence-corrected chi connectivity index (χ2v) is 7.08. The van der Waals surface area contributed by atoms with Gasteiger partial charge in [0.25, 0.3) is 0 Å². The van der Waals surface area contributed by atoms with Crippen molar-refractivity contribution in [3.8, 4) is 11.4 Å². The van der Waals surface area contributed by atoms with Crippen LogP contribution in [0.4, 0.5) is 0 Å². The highest BCUT2D eigenvalue weighted by atomic mass is 32.1. The highest BCUT2D eigenvalue weighted by Crippen LogP contribution is 2.23. The van der Waals surface area contributed by atoms with Gasteiger partial charge in [0, 0.05) is 23.5 Å². The molecule has 0 bridgehead atoms. The minimum Gasteiger partial charge on any atom is -0.338 e. The first kappa shape index (κ1) is 14.4. The normalized spacial score (nSPS) is 24.1. The van der Waals surface area contributed by atoms with E-state index in [-0.39, 0.29) is 0 Å². The van der Waals surface area contributed by atoms with Crippen molar-refractivity contribution >= 4 is 11.3 Å². The summed E-state index contributed by atoms with van der Waals surface area (Å²) >= 11 is 1.66. The standard InChI is InChI=1S/C16H22N4OS/c1-2-8-20(7-1)14-4-3-6-19(10-14)11-15-17-16(18-21-15)13-5-9-22-12-13/h5,9,12,14H,1-4,6-8,10-11H2. The van der Waals surface area contributed by atoms with E-state index in [0.717, 1.165) is 37.1 Å². The van der Waals surface area contributed by atoms with E-state index < -0.39 is 0 Å². The van der Waals surface area contributed by atoms with Gasteiger partial charge in [-0.3, -0.25) is 9.80 Å². The maximum Gasteiger partial charge on any atom is 0.241 e. The summed E-state index contributed by atoms with van der Waals surface area (Å²) in [5.74, 6) is 1.45. The molecule has 2 saturated heterocycles. The van der Waals surface area contributed by atoms with Crippen LogP contribution < -0.4 is 0 Å². The van der Waals surface area contributed by atoms with E-state index in [1.807, 2.05) is 11.4 Å². The van der Waals surface area contributed by atoms with Gasteiger partial charge in [0.1, 0.15) is 0 Å². The van der Waals surface area contributed by atoms with Gasteiger partial charge in [-0.1, -0.05) is 5.16 Å². The third kappa shape index (κ3) is 3.09. The van der Waals surface area contributed by atoms with Gasteiger partial charge in [-0.2, -0.15) is 16.3 Å². The van der Waals surface area contributed by atoms with Crippen LogP contribution in [0.15, 0.2) is 21.3 Å². The molecular formula is C16H22N4OS. The molecule has 0 aromatic carbocycles. The lowest BCUT2D eigenvalue weighted by atomic mass is 10.0. The fourth-order valence-corrected chi connectivity index (χ4v) is 4.23. The molecule has 118 valence electrons. The molecule has 6 heteroatoms. The quantitative estimate of drug-likeness (QED) is 0.867. The Morgan fingerprint density at radius 2 is 2.14 bits per heavy atom. The summed E-state index contributed by atoms with van der Waals surface area (Å²) in [6, 6.07) is 2.75. The summed E-state index contributed by atoms with van der Waals surface area (Å²) in [5, 5.41) is 8.20. The van der Waals surface area contributed by atoms with Crippen molar-refractivity contribution in [2.24, 2.45) is 0 Å². The van der Waals surface area contributed by atoms with Crippen molar-refractivity contribution < 1.29 is 4.52 Å². The Labute approximate surface area is 134 Å². The predicted octanol–water partition coefficient (Wildman–Crippen LogP) is 2.86. The smallest absolute Gasteiger partial charge is 0.241 e. The summed E-state index contributed by atoms with van der Waals surface area (Å²) < 4.78 is 5.44. The fourth-order valence-electron chi connectivity index (χ4n) is 3.60. The number of piperidine rings is 1. The molecule has 0 aliphatic carbocycles. The zero-order valence-corrected chi connectivity index (χ0v) is 13.6. The highest BCUT2D eigenvalue weighted by molar-refractivity contribution is 7.08. The van der Waals surface area contributed by atoms with E-state index in [2.05, 4.69) is 25.3 Å². The number of rotatable bonds is 4. The molecule has 1 unspecified atom stereocenters. The third-order valence-corrected chi connectivity index (χ3v) is 5.43. The Bertz CT molecular complexity index is 591. The van der Waals surface area contributed by atoms with Gasteiger partial charge in [0.2, 0.25) is 11.7 Å². The molecule has 0 radical (unpaired) electrons. The molecule has 0 spiro atoms. The molecule has 2 aliphatic heterocycles. The van der Waals surface area contributed by atoms with Gasteiger partial charge in [-0.05, 0) is 56.8 Å². The first-order valence-electron chi connectivity index (χ1n) is 8.20. The number of nitrogens with zero attached hydrogens (tertiary/aromatic N) is 4. The second kappa shape index (κ2) is 6.48. The van der Waals surface area contributed by atoms with Crippen LogP contribution in [0.1, 0.15) is 31.6 Å². The van der Waals surface area contributed by atoms with Gasteiger partial charge < -0.3 is 4.52 Å². The van der Waals surface area contributed by atoms with E-state index in [9.17, 15) is 0 Å². The van der Waals surface area contributed by atoms with E-state index in [1.54, 1.807) is 11.3 Å². The monoisotopic (exact) mass is 318 g/mol. The largest absolute Gasteiger partial charge is 0.338 e. The van der Waals surface area contributed by atoms with Crippen molar-refractivity contribution in [3.63, 3.8) is 0 Å². The number of hydrogen-bond acceptors (Lipinski definition) is 6. The second-order valence-electron chi connectivity index (χ2n) is 6.30. The zero-order valence-electron chi connectivity index (χ0n) is 12.8. The molecule has 4 heterocycles. The van der Waals surface area contributed by atoms with E-state index in [1.165, 1.54) is 38.8 Å². The number of likely N-dealkylation sites (tertiary alicyclic amines) is 2. The van der Waals surface area contributed by atoms with Crippen molar-refractivity contribution in [2.45, 2.75) is 38.3 Å². The molecule has 5 nitrogen and oxygen atoms in total. The number of thiophene rings is 1. The Morgan fingerprint density at radius 3 is 2.95 bits per heavy atom. The van der Waals surface area contributed by atoms with Gasteiger partial charge >= 0.3 is 0 Å². The summed E-state index contributed by atoms with van der Waals surface area (Å²) in [6.07, 6.45) is 5.33. The van der Waals surface area contributed by atoms with Gasteiger partial charge in [0.05, 0.1) is 6.54 Å². The van der Waals surface area contributed by atoms with Crippen LogP contribution in [0.25, 0.3) is 11.4 Å². The predicted molar refractivity (Wildman–Crippen MR) is 86.7 cm³/mol. The molecule has 2 aromatic heterocycles.